The Balaban J connectivity index is 2.11. The third-order valence-electron chi connectivity index (χ3n) is 2.16. The lowest BCUT2D eigenvalue weighted by Crippen LogP contribution is -2.40. The lowest BCUT2D eigenvalue weighted by molar-refractivity contribution is 0.421. The van der Waals surface area contributed by atoms with E-state index in [1.54, 1.807) is 11.3 Å². The van der Waals surface area contributed by atoms with E-state index in [4.69, 9.17) is 0 Å². The molecule has 0 unspecified atom stereocenters. The monoisotopic (exact) mass is 241 g/mol. The Bertz CT molecular complexity index is 301. The van der Waals surface area contributed by atoms with E-state index >= 15 is 0 Å². The zero-order valence-electron chi connectivity index (χ0n) is 10.8. The third kappa shape index (κ3) is 5.58. The molecule has 16 heavy (non-hydrogen) atoms. The van der Waals surface area contributed by atoms with E-state index in [0.29, 0.717) is 0 Å². The zero-order valence-corrected chi connectivity index (χ0v) is 11.6. The quantitative estimate of drug-likeness (QED) is 0.750. The van der Waals surface area contributed by atoms with Gasteiger partial charge in [-0.1, -0.05) is 6.92 Å². The van der Waals surface area contributed by atoms with Gasteiger partial charge in [-0.3, -0.25) is 0 Å². The van der Waals surface area contributed by atoms with Gasteiger partial charge in [0.25, 0.3) is 0 Å². The molecule has 0 spiro atoms. The van der Waals surface area contributed by atoms with Crippen LogP contribution in [0.5, 0.6) is 0 Å². The number of hydrogen-bond donors (Lipinski definition) is 2. The Labute approximate surface area is 103 Å². The summed E-state index contributed by atoms with van der Waals surface area (Å²) in [6.45, 7) is 11.5. The normalized spacial score (nSPS) is 12.0. The van der Waals surface area contributed by atoms with Crippen molar-refractivity contribution in [3.63, 3.8) is 0 Å². The van der Waals surface area contributed by atoms with Crippen molar-refractivity contribution in [2.45, 2.75) is 46.2 Å². The number of rotatable bonds is 6. The van der Waals surface area contributed by atoms with E-state index in [0.717, 1.165) is 31.7 Å². The highest BCUT2D eigenvalue weighted by atomic mass is 32.1. The summed E-state index contributed by atoms with van der Waals surface area (Å²) < 4.78 is 0. The highest BCUT2D eigenvalue weighted by Gasteiger charge is 2.07. The van der Waals surface area contributed by atoms with Gasteiger partial charge in [-0.2, -0.15) is 0 Å². The summed E-state index contributed by atoms with van der Waals surface area (Å²) >= 11 is 1.75. The van der Waals surface area contributed by atoms with E-state index < -0.39 is 0 Å². The molecule has 0 aliphatic carbocycles. The lowest BCUT2D eigenvalue weighted by Gasteiger charge is -2.20. The molecule has 0 saturated carbocycles. The smallest absolute Gasteiger partial charge is 0.0926 e. The molecule has 1 heterocycles. The van der Waals surface area contributed by atoms with Gasteiger partial charge < -0.3 is 10.6 Å². The van der Waals surface area contributed by atoms with Gasteiger partial charge in [-0.05, 0) is 27.2 Å². The Hall–Kier alpha value is -0.450. The van der Waals surface area contributed by atoms with Crippen LogP contribution in [0.25, 0.3) is 0 Å². The zero-order chi connectivity index (χ0) is 12.0. The molecule has 4 heteroatoms. The molecule has 0 aliphatic heterocycles. The second kappa shape index (κ2) is 6.33. The first-order valence-electron chi connectivity index (χ1n) is 5.90. The molecule has 0 fully saturated rings. The van der Waals surface area contributed by atoms with Gasteiger partial charge in [0, 0.05) is 30.6 Å². The molecule has 0 amide bonds. The predicted molar refractivity (Wildman–Crippen MR) is 71.0 cm³/mol. The van der Waals surface area contributed by atoms with Crippen molar-refractivity contribution in [3.05, 3.63) is 16.1 Å². The third-order valence-corrected chi connectivity index (χ3v) is 3.21. The van der Waals surface area contributed by atoms with Crippen LogP contribution in [0.4, 0.5) is 0 Å². The Morgan fingerprint density at radius 2 is 2.06 bits per heavy atom. The minimum Gasteiger partial charge on any atom is -0.311 e. The molecular formula is C12H23N3S. The van der Waals surface area contributed by atoms with Crippen molar-refractivity contribution in [3.8, 4) is 0 Å². The molecule has 1 aromatic rings. The SMILES string of the molecule is CCc1nc(CNCCNC(C)(C)C)cs1. The molecular weight excluding hydrogens is 218 g/mol. The number of nitrogens with zero attached hydrogens (tertiary/aromatic N) is 1. The number of aryl methyl sites for hydroxylation is 1. The molecule has 0 atom stereocenters. The van der Waals surface area contributed by atoms with Crippen LogP contribution in [0, 0.1) is 0 Å². The Morgan fingerprint density at radius 3 is 2.62 bits per heavy atom. The first-order valence-corrected chi connectivity index (χ1v) is 6.78. The summed E-state index contributed by atoms with van der Waals surface area (Å²) in [4.78, 5) is 4.51. The van der Waals surface area contributed by atoms with Crippen molar-refractivity contribution in [1.82, 2.24) is 15.6 Å². The molecule has 0 bridgehead atoms. The average molecular weight is 241 g/mol. The molecule has 2 N–H and O–H groups in total. The van der Waals surface area contributed by atoms with Crippen LogP contribution in [0.1, 0.15) is 38.4 Å². The van der Waals surface area contributed by atoms with Crippen LogP contribution < -0.4 is 10.6 Å². The number of nitrogens with one attached hydrogen (secondary N) is 2. The van der Waals surface area contributed by atoms with Crippen LogP contribution in [-0.4, -0.2) is 23.6 Å². The summed E-state index contributed by atoms with van der Waals surface area (Å²) in [6, 6.07) is 0. The number of hydrogen-bond acceptors (Lipinski definition) is 4. The van der Waals surface area contributed by atoms with Gasteiger partial charge in [-0.25, -0.2) is 4.98 Å². The number of thiazole rings is 1. The molecule has 0 aromatic carbocycles. The molecule has 1 aromatic heterocycles. The maximum absolute atomic E-state index is 4.51. The average Bonchev–Trinajstić information content (AvgIpc) is 2.63. The maximum Gasteiger partial charge on any atom is 0.0926 e. The first-order chi connectivity index (χ1) is 7.51. The molecule has 0 aliphatic rings. The van der Waals surface area contributed by atoms with Crippen molar-refractivity contribution in [2.75, 3.05) is 13.1 Å². The summed E-state index contributed by atoms with van der Waals surface area (Å²) in [5.74, 6) is 0. The fourth-order valence-corrected chi connectivity index (χ4v) is 2.08. The summed E-state index contributed by atoms with van der Waals surface area (Å²) in [5.41, 5.74) is 1.37. The van der Waals surface area contributed by atoms with Crippen LogP contribution in [0.15, 0.2) is 5.38 Å². The fraction of sp³-hybridized carbons (Fsp3) is 0.750. The largest absolute Gasteiger partial charge is 0.311 e. The van der Waals surface area contributed by atoms with Crippen LogP contribution in [0.2, 0.25) is 0 Å². The van der Waals surface area contributed by atoms with Gasteiger partial charge >= 0.3 is 0 Å². The second-order valence-electron chi connectivity index (χ2n) is 4.94. The van der Waals surface area contributed by atoms with E-state index in [1.807, 2.05) is 0 Å². The van der Waals surface area contributed by atoms with Crippen molar-refractivity contribution >= 4 is 11.3 Å². The van der Waals surface area contributed by atoms with E-state index in [1.165, 1.54) is 5.01 Å². The maximum atomic E-state index is 4.51. The lowest BCUT2D eigenvalue weighted by atomic mass is 10.1. The van der Waals surface area contributed by atoms with Gasteiger partial charge in [0.2, 0.25) is 0 Å². The molecule has 92 valence electrons. The van der Waals surface area contributed by atoms with Gasteiger partial charge in [0.15, 0.2) is 0 Å². The topological polar surface area (TPSA) is 37.0 Å². The highest BCUT2D eigenvalue weighted by molar-refractivity contribution is 7.09. The fourth-order valence-electron chi connectivity index (χ4n) is 1.33. The van der Waals surface area contributed by atoms with Gasteiger partial charge in [-0.15, -0.1) is 11.3 Å². The predicted octanol–water partition coefficient (Wildman–Crippen LogP) is 2.18. The minimum absolute atomic E-state index is 0.206. The molecule has 3 nitrogen and oxygen atoms in total. The molecule has 1 rings (SSSR count). The standard InChI is InChI=1S/C12H23N3S/c1-5-11-15-10(9-16-11)8-13-6-7-14-12(2,3)4/h9,13-14H,5-8H2,1-4H3. The summed E-state index contributed by atoms with van der Waals surface area (Å²) in [7, 11) is 0. The van der Waals surface area contributed by atoms with E-state index in [9.17, 15) is 0 Å². The van der Waals surface area contributed by atoms with Gasteiger partial charge in [0.1, 0.15) is 0 Å². The van der Waals surface area contributed by atoms with E-state index in [2.05, 4.69) is 48.7 Å². The summed E-state index contributed by atoms with van der Waals surface area (Å²) in [5, 5.41) is 10.2. The minimum atomic E-state index is 0.206. The highest BCUT2D eigenvalue weighted by Crippen LogP contribution is 2.09. The summed E-state index contributed by atoms with van der Waals surface area (Å²) in [6.07, 6.45) is 1.04. The Morgan fingerprint density at radius 1 is 1.31 bits per heavy atom. The van der Waals surface area contributed by atoms with Crippen LogP contribution in [-0.2, 0) is 13.0 Å². The van der Waals surface area contributed by atoms with Crippen LogP contribution in [0.3, 0.4) is 0 Å². The molecule has 0 radical (unpaired) electrons. The van der Waals surface area contributed by atoms with Crippen molar-refractivity contribution in [1.29, 1.82) is 0 Å². The number of aromatic nitrogens is 1. The van der Waals surface area contributed by atoms with Crippen molar-refractivity contribution < 1.29 is 0 Å². The van der Waals surface area contributed by atoms with Gasteiger partial charge in [0.05, 0.1) is 10.7 Å². The first kappa shape index (κ1) is 13.6. The van der Waals surface area contributed by atoms with E-state index in [-0.39, 0.29) is 5.54 Å². The van der Waals surface area contributed by atoms with Crippen LogP contribution >= 0.6 is 11.3 Å². The second-order valence-corrected chi connectivity index (χ2v) is 5.88. The Kier molecular flexibility index (Phi) is 5.38. The van der Waals surface area contributed by atoms with Crippen molar-refractivity contribution in [2.24, 2.45) is 0 Å². The molecule has 0 saturated heterocycles.